The lowest BCUT2D eigenvalue weighted by atomic mass is 9.99. The van der Waals surface area contributed by atoms with Crippen LogP contribution in [0.2, 0.25) is 0 Å². The predicted molar refractivity (Wildman–Crippen MR) is 70.6 cm³/mol. The molecule has 96 valence electrons. The average Bonchev–Trinajstić information content (AvgIpc) is 2.36. The van der Waals surface area contributed by atoms with Gasteiger partial charge >= 0.3 is 0 Å². The molecule has 0 aliphatic carbocycles. The molecule has 3 heteroatoms. The van der Waals surface area contributed by atoms with Crippen molar-refractivity contribution in [3.63, 3.8) is 0 Å². The molecule has 1 aromatic carbocycles. The molecule has 0 saturated carbocycles. The van der Waals surface area contributed by atoms with Crippen LogP contribution in [-0.4, -0.2) is 30.9 Å². The molecule has 0 fully saturated rings. The zero-order valence-electron chi connectivity index (χ0n) is 11.2. The van der Waals surface area contributed by atoms with Crippen LogP contribution in [0.5, 0.6) is 5.75 Å². The monoisotopic (exact) mass is 237 g/mol. The van der Waals surface area contributed by atoms with Crippen molar-refractivity contribution in [3.8, 4) is 5.75 Å². The van der Waals surface area contributed by atoms with Crippen molar-refractivity contribution in [1.29, 1.82) is 0 Å². The Hall–Kier alpha value is -1.06. The van der Waals surface area contributed by atoms with Crippen molar-refractivity contribution in [3.05, 3.63) is 29.8 Å². The summed E-state index contributed by atoms with van der Waals surface area (Å²) in [7, 11) is 1.67. The summed E-state index contributed by atoms with van der Waals surface area (Å²) in [6.07, 6.45) is 0. The quantitative estimate of drug-likeness (QED) is 0.796. The topological polar surface area (TPSA) is 41.5 Å². The lowest BCUT2D eigenvalue weighted by Gasteiger charge is -2.26. The normalized spacial score (nSPS) is 13.5. The lowest BCUT2D eigenvalue weighted by molar-refractivity contribution is 0.187. The summed E-state index contributed by atoms with van der Waals surface area (Å²) in [5.74, 6) is 1.29. The molecule has 0 heterocycles. The number of aliphatic hydroxyl groups excluding tert-OH is 1. The third-order valence-corrected chi connectivity index (χ3v) is 2.97. The average molecular weight is 237 g/mol. The number of ether oxygens (including phenoxy) is 1. The molecule has 0 aliphatic heterocycles. The smallest absolute Gasteiger partial charge is 0.118 e. The number of methoxy groups -OCH3 is 1. The number of benzene rings is 1. The van der Waals surface area contributed by atoms with E-state index in [1.807, 2.05) is 26.0 Å². The van der Waals surface area contributed by atoms with Gasteiger partial charge in [-0.05, 0) is 37.5 Å². The first-order valence-corrected chi connectivity index (χ1v) is 5.98. The minimum absolute atomic E-state index is 0.141. The second kappa shape index (κ2) is 6.03. The Balaban J connectivity index is 2.54. The van der Waals surface area contributed by atoms with E-state index in [0.29, 0.717) is 5.92 Å². The molecule has 1 rings (SSSR count). The van der Waals surface area contributed by atoms with E-state index >= 15 is 0 Å². The molecule has 1 atom stereocenters. The van der Waals surface area contributed by atoms with E-state index in [9.17, 15) is 0 Å². The van der Waals surface area contributed by atoms with E-state index in [1.54, 1.807) is 7.11 Å². The fourth-order valence-electron chi connectivity index (χ4n) is 1.54. The van der Waals surface area contributed by atoms with Gasteiger partial charge in [-0.25, -0.2) is 0 Å². The van der Waals surface area contributed by atoms with Crippen molar-refractivity contribution < 1.29 is 9.84 Å². The summed E-state index contributed by atoms with van der Waals surface area (Å²) in [4.78, 5) is 0. The first-order valence-electron chi connectivity index (χ1n) is 5.98. The van der Waals surface area contributed by atoms with Gasteiger partial charge < -0.3 is 15.2 Å². The molecule has 17 heavy (non-hydrogen) atoms. The van der Waals surface area contributed by atoms with Gasteiger partial charge in [0.15, 0.2) is 0 Å². The zero-order valence-corrected chi connectivity index (χ0v) is 11.2. The number of hydrogen-bond acceptors (Lipinski definition) is 3. The van der Waals surface area contributed by atoms with E-state index in [-0.39, 0.29) is 12.1 Å². The summed E-state index contributed by atoms with van der Waals surface area (Å²) < 4.78 is 5.13. The second-order valence-electron chi connectivity index (χ2n) is 5.10. The van der Waals surface area contributed by atoms with Crippen LogP contribution in [0.25, 0.3) is 0 Å². The van der Waals surface area contributed by atoms with Gasteiger partial charge in [0.2, 0.25) is 0 Å². The molecule has 1 aromatic rings. The van der Waals surface area contributed by atoms with Gasteiger partial charge in [0.05, 0.1) is 13.7 Å². The van der Waals surface area contributed by atoms with E-state index in [0.717, 1.165) is 12.3 Å². The fraction of sp³-hybridized carbons (Fsp3) is 0.571. The van der Waals surface area contributed by atoms with E-state index in [2.05, 4.69) is 24.4 Å². The molecule has 0 bridgehead atoms. The van der Waals surface area contributed by atoms with E-state index in [4.69, 9.17) is 9.84 Å². The van der Waals surface area contributed by atoms with Crippen molar-refractivity contribution in [1.82, 2.24) is 5.32 Å². The van der Waals surface area contributed by atoms with Crippen LogP contribution in [-0.2, 0) is 0 Å². The van der Waals surface area contributed by atoms with Crippen LogP contribution in [0.4, 0.5) is 0 Å². The highest BCUT2D eigenvalue weighted by atomic mass is 16.5. The van der Waals surface area contributed by atoms with E-state index in [1.165, 1.54) is 5.56 Å². The number of aliphatic hydroxyl groups is 1. The molecule has 2 N–H and O–H groups in total. The molecular weight excluding hydrogens is 214 g/mol. The Morgan fingerprint density at radius 1 is 1.29 bits per heavy atom. The molecule has 0 radical (unpaired) electrons. The van der Waals surface area contributed by atoms with Crippen LogP contribution >= 0.6 is 0 Å². The summed E-state index contributed by atoms with van der Waals surface area (Å²) in [5, 5.41) is 12.5. The van der Waals surface area contributed by atoms with Gasteiger partial charge in [0.25, 0.3) is 0 Å². The van der Waals surface area contributed by atoms with Crippen LogP contribution in [0, 0.1) is 0 Å². The van der Waals surface area contributed by atoms with Gasteiger partial charge in [0.1, 0.15) is 5.75 Å². The molecule has 0 amide bonds. The maximum absolute atomic E-state index is 9.17. The summed E-state index contributed by atoms with van der Waals surface area (Å²) in [6, 6.07) is 8.11. The van der Waals surface area contributed by atoms with Crippen molar-refractivity contribution in [2.45, 2.75) is 32.2 Å². The molecule has 0 aliphatic rings. The maximum Gasteiger partial charge on any atom is 0.118 e. The minimum Gasteiger partial charge on any atom is -0.497 e. The van der Waals surface area contributed by atoms with Crippen molar-refractivity contribution >= 4 is 0 Å². The van der Waals surface area contributed by atoms with E-state index < -0.39 is 0 Å². The fourth-order valence-corrected chi connectivity index (χ4v) is 1.54. The molecule has 0 spiro atoms. The minimum atomic E-state index is -0.221. The largest absolute Gasteiger partial charge is 0.497 e. The first kappa shape index (κ1) is 14.0. The first-order chi connectivity index (χ1) is 7.98. The second-order valence-corrected chi connectivity index (χ2v) is 5.10. The van der Waals surface area contributed by atoms with Crippen LogP contribution in [0.3, 0.4) is 0 Å². The van der Waals surface area contributed by atoms with Gasteiger partial charge in [-0.15, -0.1) is 0 Å². The highest BCUT2D eigenvalue weighted by Crippen LogP contribution is 2.19. The molecule has 0 aromatic heterocycles. The standard InChI is InChI=1S/C14H23NO2/c1-11(9-15-14(2,3)10-16)12-5-7-13(17-4)8-6-12/h5-8,11,15-16H,9-10H2,1-4H3. The van der Waals surface area contributed by atoms with Gasteiger partial charge in [0, 0.05) is 12.1 Å². The van der Waals surface area contributed by atoms with Crippen LogP contribution < -0.4 is 10.1 Å². The van der Waals surface area contributed by atoms with Gasteiger partial charge in [-0.2, -0.15) is 0 Å². The molecule has 1 unspecified atom stereocenters. The SMILES string of the molecule is COc1ccc(C(C)CNC(C)(C)CO)cc1. The third-order valence-electron chi connectivity index (χ3n) is 2.97. The summed E-state index contributed by atoms with van der Waals surface area (Å²) >= 11 is 0. The lowest BCUT2D eigenvalue weighted by Crippen LogP contribution is -2.44. The Labute approximate surface area is 104 Å². The highest BCUT2D eigenvalue weighted by Gasteiger charge is 2.16. The Kier molecular flexibility index (Phi) is 4.97. The number of nitrogens with one attached hydrogen (secondary N) is 1. The summed E-state index contributed by atoms with van der Waals surface area (Å²) in [6.45, 7) is 7.14. The van der Waals surface area contributed by atoms with Gasteiger partial charge in [-0.1, -0.05) is 19.1 Å². The third kappa shape index (κ3) is 4.36. The Morgan fingerprint density at radius 3 is 2.35 bits per heavy atom. The highest BCUT2D eigenvalue weighted by molar-refractivity contribution is 5.29. The summed E-state index contributed by atoms with van der Waals surface area (Å²) in [5.41, 5.74) is 1.05. The molecular formula is C14H23NO2. The van der Waals surface area contributed by atoms with Crippen molar-refractivity contribution in [2.24, 2.45) is 0 Å². The number of hydrogen-bond donors (Lipinski definition) is 2. The number of rotatable bonds is 6. The Bertz CT molecular complexity index is 333. The van der Waals surface area contributed by atoms with Crippen molar-refractivity contribution in [2.75, 3.05) is 20.3 Å². The Morgan fingerprint density at radius 2 is 1.88 bits per heavy atom. The predicted octanol–water partition coefficient (Wildman–Crippen LogP) is 2.16. The molecule has 0 saturated heterocycles. The molecule has 3 nitrogen and oxygen atoms in total. The maximum atomic E-state index is 9.17. The zero-order chi connectivity index (χ0) is 12.9. The van der Waals surface area contributed by atoms with Crippen LogP contribution in [0.1, 0.15) is 32.3 Å². The van der Waals surface area contributed by atoms with Gasteiger partial charge in [-0.3, -0.25) is 0 Å². The van der Waals surface area contributed by atoms with Crippen LogP contribution in [0.15, 0.2) is 24.3 Å².